The lowest BCUT2D eigenvalue weighted by Crippen LogP contribution is -2.66. The Labute approximate surface area is 213 Å². The van der Waals surface area contributed by atoms with Crippen molar-refractivity contribution in [1.82, 2.24) is 0 Å². The first kappa shape index (κ1) is 25.8. The first-order valence-corrected chi connectivity index (χ1v) is 14.3. The Hall–Kier alpha value is -0.870. The second-order valence-electron chi connectivity index (χ2n) is 15.5. The van der Waals surface area contributed by atoms with Crippen LogP contribution in [0.15, 0.2) is 11.6 Å². The summed E-state index contributed by atoms with van der Waals surface area (Å²) < 4.78 is 0. The minimum Gasteiger partial charge on any atom is -0.481 e. The molecule has 0 aromatic carbocycles. The van der Waals surface area contributed by atoms with E-state index in [1.54, 1.807) is 5.57 Å². The van der Waals surface area contributed by atoms with Gasteiger partial charge in [-0.15, -0.1) is 0 Å². The molecule has 0 radical (unpaired) electrons. The summed E-state index contributed by atoms with van der Waals surface area (Å²) in [7, 11) is 0. The normalized spacial score (nSPS) is 55.0. The van der Waals surface area contributed by atoms with Gasteiger partial charge in [-0.2, -0.15) is 0 Å². The van der Waals surface area contributed by atoms with E-state index in [1.165, 1.54) is 0 Å². The highest BCUT2D eigenvalue weighted by Gasteiger charge is 2.69. The fourth-order valence-corrected chi connectivity index (χ4v) is 11.1. The first-order chi connectivity index (χ1) is 16.1. The van der Waals surface area contributed by atoms with Crippen molar-refractivity contribution in [2.75, 3.05) is 6.61 Å². The molecule has 198 valence electrons. The SMILES string of the molecule is CC1(C)C[C@@H](C(=O)O)[C@]2(C)CC[C@]3(C)C(=CC[C@@H]4[C@@]5(C)CC[C@H](O)[C@](C)(CO)[C@@H]5CC[C@]43C)[C@@H]2C1. The molecule has 5 aliphatic carbocycles. The van der Waals surface area contributed by atoms with Gasteiger partial charge >= 0.3 is 5.97 Å². The molecular formula is C31H50O4. The van der Waals surface area contributed by atoms with Gasteiger partial charge in [-0.25, -0.2) is 0 Å². The van der Waals surface area contributed by atoms with Gasteiger partial charge in [0.25, 0.3) is 0 Å². The minimum atomic E-state index is -0.605. The number of allylic oxidation sites excluding steroid dienone is 2. The van der Waals surface area contributed by atoms with Crippen LogP contribution in [0.2, 0.25) is 0 Å². The van der Waals surface area contributed by atoms with Gasteiger partial charge in [-0.1, -0.05) is 60.1 Å². The number of carbonyl (C=O) groups is 1. The second kappa shape index (κ2) is 7.59. The fourth-order valence-electron chi connectivity index (χ4n) is 11.1. The summed E-state index contributed by atoms with van der Waals surface area (Å²) in [5.41, 5.74) is 1.36. The van der Waals surface area contributed by atoms with Gasteiger partial charge in [0, 0.05) is 5.41 Å². The molecule has 10 atom stereocenters. The topological polar surface area (TPSA) is 77.8 Å². The standard InChI is InChI=1S/C31H50O4/c1-26(2)16-20-19-8-9-23-28(4)12-11-24(33)29(5,18-32)22(28)10-13-31(23,7)30(19,6)15-14-27(20,3)21(17-26)25(34)35/h8,20-24,32-33H,9-18H2,1-7H3,(H,34,35)/t20-,21-,22+,23+,24-,27+,28-,29+,30+,31+/m0/s1. The van der Waals surface area contributed by atoms with E-state index in [-0.39, 0.29) is 39.6 Å². The number of aliphatic hydroxyl groups is 2. The van der Waals surface area contributed by atoms with Crippen LogP contribution in [0.4, 0.5) is 0 Å². The molecule has 0 aromatic rings. The number of carboxylic acids is 1. The van der Waals surface area contributed by atoms with E-state index in [4.69, 9.17) is 0 Å². The van der Waals surface area contributed by atoms with Crippen molar-refractivity contribution in [2.45, 2.75) is 112 Å². The zero-order valence-electron chi connectivity index (χ0n) is 23.3. The Morgan fingerprint density at radius 3 is 2.23 bits per heavy atom. The van der Waals surface area contributed by atoms with E-state index in [9.17, 15) is 20.1 Å². The summed E-state index contributed by atoms with van der Waals surface area (Å²) in [6, 6.07) is 0. The van der Waals surface area contributed by atoms with Crippen LogP contribution < -0.4 is 0 Å². The Morgan fingerprint density at radius 1 is 0.914 bits per heavy atom. The van der Waals surface area contributed by atoms with Crippen LogP contribution in [-0.2, 0) is 4.79 Å². The van der Waals surface area contributed by atoms with Crippen molar-refractivity contribution in [2.24, 2.45) is 56.2 Å². The van der Waals surface area contributed by atoms with E-state index in [1.807, 2.05) is 0 Å². The maximum atomic E-state index is 12.5. The van der Waals surface area contributed by atoms with Crippen molar-refractivity contribution in [3.8, 4) is 0 Å². The fraction of sp³-hybridized carbons (Fsp3) is 0.903. The third kappa shape index (κ3) is 3.14. The summed E-state index contributed by atoms with van der Waals surface area (Å²) in [6.45, 7) is 16.6. The molecule has 0 spiro atoms. The van der Waals surface area contributed by atoms with Gasteiger partial charge in [0.05, 0.1) is 18.6 Å². The highest BCUT2D eigenvalue weighted by Crippen LogP contribution is 2.76. The molecule has 4 saturated carbocycles. The van der Waals surface area contributed by atoms with Crippen LogP contribution in [0.3, 0.4) is 0 Å². The van der Waals surface area contributed by atoms with E-state index >= 15 is 0 Å². The smallest absolute Gasteiger partial charge is 0.307 e. The van der Waals surface area contributed by atoms with Gasteiger partial charge in [0.15, 0.2) is 0 Å². The summed E-state index contributed by atoms with van der Waals surface area (Å²) in [5, 5.41) is 31.6. The van der Waals surface area contributed by atoms with Crippen molar-refractivity contribution >= 4 is 5.97 Å². The number of aliphatic carboxylic acids is 1. The number of aliphatic hydroxyl groups excluding tert-OH is 2. The molecule has 0 unspecified atom stereocenters. The number of rotatable bonds is 2. The Kier molecular flexibility index (Phi) is 5.59. The van der Waals surface area contributed by atoms with E-state index < -0.39 is 17.5 Å². The number of fused-ring (bicyclic) bond motifs is 7. The number of carboxylic acid groups (broad SMARTS) is 1. The lowest BCUT2D eigenvalue weighted by molar-refractivity contribution is -0.217. The molecule has 4 fully saturated rings. The summed E-state index contributed by atoms with van der Waals surface area (Å²) in [6.07, 6.45) is 11.1. The molecule has 5 aliphatic rings. The second-order valence-corrected chi connectivity index (χ2v) is 15.5. The van der Waals surface area contributed by atoms with Crippen LogP contribution in [0.1, 0.15) is 106 Å². The van der Waals surface area contributed by atoms with Crippen LogP contribution in [-0.4, -0.2) is 34.0 Å². The first-order valence-electron chi connectivity index (χ1n) is 14.3. The summed E-state index contributed by atoms with van der Waals surface area (Å²) in [4.78, 5) is 12.5. The maximum Gasteiger partial charge on any atom is 0.307 e. The molecule has 35 heavy (non-hydrogen) atoms. The molecule has 0 heterocycles. The van der Waals surface area contributed by atoms with Gasteiger partial charge in [0.1, 0.15) is 0 Å². The van der Waals surface area contributed by atoms with Crippen LogP contribution in [0.25, 0.3) is 0 Å². The molecule has 5 rings (SSSR count). The van der Waals surface area contributed by atoms with Crippen molar-refractivity contribution < 1.29 is 20.1 Å². The van der Waals surface area contributed by atoms with E-state index in [0.717, 1.165) is 57.8 Å². The van der Waals surface area contributed by atoms with Gasteiger partial charge in [-0.3, -0.25) is 4.79 Å². The number of hydrogen-bond acceptors (Lipinski definition) is 3. The molecule has 0 amide bonds. The zero-order chi connectivity index (χ0) is 25.8. The van der Waals surface area contributed by atoms with Crippen LogP contribution >= 0.6 is 0 Å². The monoisotopic (exact) mass is 486 g/mol. The van der Waals surface area contributed by atoms with Crippen LogP contribution in [0.5, 0.6) is 0 Å². The van der Waals surface area contributed by atoms with Crippen molar-refractivity contribution in [1.29, 1.82) is 0 Å². The molecule has 4 heteroatoms. The lowest BCUT2D eigenvalue weighted by Gasteiger charge is -2.71. The molecular weight excluding hydrogens is 436 g/mol. The quantitative estimate of drug-likeness (QED) is 0.392. The minimum absolute atomic E-state index is 0.0379. The third-order valence-electron chi connectivity index (χ3n) is 13.6. The predicted octanol–water partition coefficient (Wildman–Crippen LogP) is 6.45. The van der Waals surface area contributed by atoms with E-state index in [0.29, 0.717) is 17.8 Å². The van der Waals surface area contributed by atoms with Crippen LogP contribution in [0, 0.1) is 56.2 Å². The van der Waals surface area contributed by atoms with Gasteiger partial charge in [0.2, 0.25) is 0 Å². The Morgan fingerprint density at radius 2 is 1.60 bits per heavy atom. The largest absolute Gasteiger partial charge is 0.481 e. The molecule has 4 nitrogen and oxygen atoms in total. The van der Waals surface area contributed by atoms with Gasteiger partial charge in [-0.05, 0) is 103 Å². The lowest BCUT2D eigenvalue weighted by atomic mass is 9.33. The summed E-state index contributed by atoms with van der Waals surface area (Å²) in [5.74, 6) is 0.318. The Balaban J connectivity index is 1.59. The third-order valence-corrected chi connectivity index (χ3v) is 13.6. The average molecular weight is 487 g/mol. The highest BCUT2D eigenvalue weighted by molar-refractivity contribution is 5.71. The van der Waals surface area contributed by atoms with Crippen molar-refractivity contribution in [3.05, 3.63) is 11.6 Å². The molecule has 0 aliphatic heterocycles. The maximum absolute atomic E-state index is 12.5. The molecule has 0 bridgehead atoms. The summed E-state index contributed by atoms with van der Waals surface area (Å²) >= 11 is 0. The van der Waals surface area contributed by atoms with Gasteiger partial charge < -0.3 is 15.3 Å². The van der Waals surface area contributed by atoms with E-state index in [2.05, 4.69) is 54.5 Å². The molecule has 3 N–H and O–H groups in total. The van der Waals surface area contributed by atoms with Crippen molar-refractivity contribution in [3.63, 3.8) is 0 Å². The molecule has 0 aromatic heterocycles. The average Bonchev–Trinajstić information content (AvgIpc) is 2.77. The molecule has 0 saturated heterocycles. The zero-order valence-corrected chi connectivity index (χ0v) is 23.3. The Bertz CT molecular complexity index is 938. The number of hydrogen-bond donors (Lipinski definition) is 3. The predicted molar refractivity (Wildman–Crippen MR) is 139 cm³/mol. The highest BCUT2D eigenvalue weighted by atomic mass is 16.4.